The Bertz CT molecular complexity index is 1000. The normalized spacial score (nSPS) is 11.0. The van der Waals surface area contributed by atoms with Crippen molar-refractivity contribution < 1.29 is 9.13 Å². The van der Waals surface area contributed by atoms with Crippen LogP contribution in [0.15, 0.2) is 73.1 Å². The summed E-state index contributed by atoms with van der Waals surface area (Å²) in [5.41, 5.74) is 3.98. The topological polar surface area (TPSA) is 27.1 Å². The Balaban J connectivity index is 1.78. The minimum atomic E-state index is -0.246. The Labute approximate surface area is 145 Å². The van der Waals surface area contributed by atoms with E-state index in [0.717, 1.165) is 34.5 Å². The van der Waals surface area contributed by atoms with Crippen LogP contribution in [0.25, 0.3) is 22.2 Å². The SMILES string of the molecule is COc1ccc(Cn2ccc3ccnc(-c4ccc(F)cc4)c32)cc1. The molecule has 4 rings (SSSR count). The molecule has 0 spiro atoms. The smallest absolute Gasteiger partial charge is 0.123 e. The van der Waals surface area contributed by atoms with Crippen LogP contribution in [-0.4, -0.2) is 16.7 Å². The van der Waals surface area contributed by atoms with Crippen molar-refractivity contribution in [3.8, 4) is 17.0 Å². The van der Waals surface area contributed by atoms with Crippen LogP contribution in [0.4, 0.5) is 4.39 Å². The lowest BCUT2D eigenvalue weighted by Gasteiger charge is -2.10. The van der Waals surface area contributed by atoms with E-state index in [2.05, 4.69) is 33.9 Å². The maximum absolute atomic E-state index is 13.2. The van der Waals surface area contributed by atoms with Gasteiger partial charge in [-0.15, -0.1) is 0 Å². The van der Waals surface area contributed by atoms with E-state index in [9.17, 15) is 4.39 Å². The zero-order chi connectivity index (χ0) is 17.2. The summed E-state index contributed by atoms with van der Waals surface area (Å²) in [5.74, 6) is 0.597. The molecule has 0 N–H and O–H groups in total. The monoisotopic (exact) mass is 332 g/mol. The summed E-state index contributed by atoms with van der Waals surface area (Å²) in [6.07, 6.45) is 3.85. The first-order valence-electron chi connectivity index (χ1n) is 8.07. The fourth-order valence-electron chi connectivity index (χ4n) is 3.03. The molecule has 0 saturated carbocycles. The standard InChI is InChI=1S/C21H17FN2O/c1-25-19-8-2-15(3-9-19)14-24-13-11-17-10-12-23-20(21(17)24)16-4-6-18(22)7-5-16/h2-13H,14H2,1H3. The molecule has 3 nitrogen and oxygen atoms in total. The van der Waals surface area contributed by atoms with Gasteiger partial charge in [-0.05, 0) is 54.1 Å². The number of hydrogen-bond donors (Lipinski definition) is 0. The lowest BCUT2D eigenvalue weighted by atomic mass is 10.1. The maximum atomic E-state index is 13.2. The predicted octanol–water partition coefficient (Wildman–Crippen LogP) is 4.90. The maximum Gasteiger partial charge on any atom is 0.123 e. The number of methoxy groups -OCH3 is 1. The Morgan fingerprint density at radius 2 is 1.72 bits per heavy atom. The van der Waals surface area contributed by atoms with Crippen LogP contribution in [0, 0.1) is 5.82 Å². The summed E-state index contributed by atoms with van der Waals surface area (Å²) in [5, 5.41) is 1.11. The van der Waals surface area contributed by atoms with E-state index in [1.54, 1.807) is 25.4 Å². The lowest BCUT2D eigenvalue weighted by molar-refractivity contribution is 0.414. The van der Waals surface area contributed by atoms with E-state index < -0.39 is 0 Å². The number of pyridine rings is 1. The quantitative estimate of drug-likeness (QED) is 0.531. The van der Waals surface area contributed by atoms with E-state index in [0.29, 0.717) is 0 Å². The molecule has 0 radical (unpaired) electrons. The lowest BCUT2D eigenvalue weighted by Crippen LogP contribution is -2.00. The molecule has 0 aliphatic heterocycles. The number of rotatable bonds is 4. The van der Waals surface area contributed by atoms with Gasteiger partial charge in [0.1, 0.15) is 11.6 Å². The molecule has 0 unspecified atom stereocenters. The average Bonchev–Trinajstić information content (AvgIpc) is 3.06. The fraction of sp³-hybridized carbons (Fsp3) is 0.0952. The first-order chi connectivity index (χ1) is 12.2. The number of nitrogens with zero attached hydrogens (tertiary/aromatic N) is 2. The Morgan fingerprint density at radius 1 is 0.960 bits per heavy atom. The third-order valence-electron chi connectivity index (χ3n) is 4.31. The highest BCUT2D eigenvalue weighted by Gasteiger charge is 2.10. The molecule has 4 heteroatoms. The van der Waals surface area contributed by atoms with Crippen LogP contribution in [0.5, 0.6) is 5.75 Å². The second kappa shape index (κ2) is 6.40. The average molecular weight is 332 g/mol. The molecule has 0 saturated heterocycles. The van der Waals surface area contributed by atoms with Gasteiger partial charge >= 0.3 is 0 Å². The van der Waals surface area contributed by atoms with Crippen LogP contribution < -0.4 is 4.74 Å². The number of aromatic nitrogens is 2. The summed E-state index contributed by atoms with van der Waals surface area (Å²) in [6, 6.07) is 18.6. The van der Waals surface area contributed by atoms with E-state index in [4.69, 9.17) is 4.74 Å². The fourth-order valence-corrected chi connectivity index (χ4v) is 3.03. The van der Waals surface area contributed by atoms with E-state index >= 15 is 0 Å². The van der Waals surface area contributed by atoms with Gasteiger partial charge in [-0.25, -0.2) is 4.39 Å². The largest absolute Gasteiger partial charge is 0.497 e. The number of fused-ring (bicyclic) bond motifs is 1. The van der Waals surface area contributed by atoms with Crippen LogP contribution in [0.1, 0.15) is 5.56 Å². The molecule has 0 fully saturated rings. The molecule has 25 heavy (non-hydrogen) atoms. The molecule has 2 heterocycles. The number of ether oxygens (including phenoxy) is 1. The zero-order valence-corrected chi connectivity index (χ0v) is 13.8. The van der Waals surface area contributed by atoms with Crippen LogP contribution in [-0.2, 0) is 6.54 Å². The highest BCUT2D eigenvalue weighted by molar-refractivity contribution is 5.92. The highest BCUT2D eigenvalue weighted by atomic mass is 19.1. The molecule has 2 aromatic heterocycles. The Morgan fingerprint density at radius 3 is 2.44 bits per heavy atom. The van der Waals surface area contributed by atoms with Gasteiger partial charge in [-0.2, -0.15) is 0 Å². The summed E-state index contributed by atoms with van der Waals surface area (Å²) in [7, 11) is 1.66. The number of hydrogen-bond acceptors (Lipinski definition) is 2. The summed E-state index contributed by atoms with van der Waals surface area (Å²) < 4.78 is 20.6. The van der Waals surface area contributed by atoms with Crippen molar-refractivity contribution in [2.24, 2.45) is 0 Å². The molecule has 0 bridgehead atoms. The molecule has 0 atom stereocenters. The first kappa shape index (κ1) is 15.4. The van der Waals surface area contributed by atoms with Crippen molar-refractivity contribution in [1.82, 2.24) is 9.55 Å². The molecule has 4 aromatic rings. The summed E-state index contributed by atoms with van der Waals surface area (Å²) in [4.78, 5) is 4.55. The highest BCUT2D eigenvalue weighted by Crippen LogP contribution is 2.28. The minimum absolute atomic E-state index is 0.246. The minimum Gasteiger partial charge on any atom is -0.497 e. The third-order valence-corrected chi connectivity index (χ3v) is 4.31. The third kappa shape index (κ3) is 2.98. The Hall–Kier alpha value is -3.14. The summed E-state index contributed by atoms with van der Waals surface area (Å²) >= 11 is 0. The Kier molecular flexibility index (Phi) is 3.94. The van der Waals surface area contributed by atoms with Crippen LogP contribution in [0.2, 0.25) is 0 Å². The van der Waals surface area contributed by atoms with Crippen LogP contribution >= 0.6 is 0 Å². The molecule has 124 valence electrons. The summed E-state index contributed by atoms with van der Waals surface area (Å²) in [6.45, 7) is 0.730. The van der Waals surface area contributed by atoms with Gasteiger partial charge in [0.15, 0.2) is 0 Å². The zero-order valence-electron chi connectivity index (χ0n) is 13.8. The van der Waals surface area contributed by atoms with Gasteiger partial charge in [-0.3, -0.25) is 4.98 Å². The van der Waals surface area contributed by atoms with E-state index in [-0.39, 0.29) is 5.82 Å². The van der Waals surface area contributed by atoms with Gasteiger partial charge < -0.3 is 9.30 Å². The number of benzene rings is 2. The van der Waals surface area contributed by atoms with Gasteiger partial charge in [0.25, 0.3) is 0 Å². The second-order valence-corrected chi connectivity index (χ2v) is 5.90. The van der Waals surface area contributed by atoms with Crippen molar-refractivity contribution >= 4 is 10.9 Å². The van der Waals surface area contributed by atoms with Gasteiger partial charge in [-0.1, -0.05) is 12.1 Å². The first-order valence-corrected chi connectivity index (χ1v) is 8.07. The van der Waals surface area contributed by atoms with E-state index in [1.807, 2.05) is 18.2 Å². The van der Waals surface area contributed by atoms with Gasteiger partial charge in [0.2, 0.25) is 0 Å². The molecular formula is C21H17FN2O. The van der Waals surface area contributed by atoms with Crippen LogP contribution in [0.3, 0.4) is 0 Å². The van der Waals surface area contributed by atoms with Crippen molar-refractivity contribution in [3.63, 3.8) is 0 Å². The molecule has 0 aliphatic rings. The molecule has 0 aliphatic carbocycles. The van der Waals surface area contributed by atoms with Crippen molar-refractivity contribution in [2.45, 2.75) is 6.54 Å². The molecule has 0 amide bonds. The van der Waals surface area contributed by atoms with Gasteiger partial charge in [0, 0.05) is 29.9 Å². The number of halogens is 1. The molecular weight excluding hydrogens is 315 g/mol. The molecule has 2 aromatic carbocycles. The predicted molar refractivity (Wildman–Crippen MR) is 97.2 cm³/mol. The second-order valence-electron chi connectivity index (χ2n) is 5.90. The van der Waals surface area contributed by atoms with Crippen molar-refractivity contribution in [1.29, 1.82) is 0 Å². The van der Waals surface area contributed by atoms with Crippen molar-refractivity contribution in [3.05, 3.63) is 84.4 Å². The van der Waals surface area contributed by atoms with E-state index in [1.165, 1.54) is 17.7 Å². The van der Waals surface area contributed by atoms with Crippen molar-refractivity contribution in [2.75, 3.05) is 7.11 Å². The van der Waals surface area contributed by atoms with Gasteiger partial charge in [0.05, 0.1) is 18.3 Å².